The van der Waals surface area contributed by atoms with Gasteiger partial charge in [-0.1, -0.05) is 29.8 Å². The maximum absolute atomic E-state index is 14.7. The Morgan fingerprint density at radius 3 is 2.69 bits per heavy atom. The van der Waals surface area contributed by atoms with Crippen molar-refractivity contribution in [3.63, 3.8) is 0 Å². The van der Waals surface area contributed by atoms with Crippen LogP contribution in [0.1, 0.15) is 0 Å². The number of nitrogens with one attached hydrogen (secondary N) is 3. The average Bonchev–Trinajstić information content (AvgIpc) is 2.73. The fraction of sp³-hybridized carbons (Fsp3) is 0.0500. The normalized spacial score (nSPS) is 11.1. The first-order chi connectivity index (χ1) is 14.0. The van der Waals surface area contributed by atoms with Gasteiger partial charge in [0.1, 0.15) is 10.8 Å². The Hall–Kier alpha value is -3.65. The van der Waals surface area contributed by atoms with Crippen LogP contribution in [0.5, 0.6) is 0 Å². The van der Waals surface area contributed by atoms with E-state index in [9.17, 15) is 4.39 Å². The maximum atomic E-state index is 14.7. The zero-order valence-electron chi connectivity index (χ0n) is 15.5. The van der Waals surface area contributed by atoms with Crippen LogP contribution >= 0.6 is 11.6 Å². The first-order valence-corrected chi connectivity index (χ1v) is 8.99. The molecule has 0 aliphatic carbocycles. The van der Waals surface area contributed by atoms with E-state index >= 15 is 0 Å². The molecule has 2 aromatic carbocycles. The summed E-state index contributed by atoms with van der Waals surface area (Å²) in [5, 5.41) is 13.4. The molecule has 0 radical (unpaired) electrons. The van der Waals surface area contributed by atoms with Crippen molar-refractivity contribution < 1.29 is 4.39 Å². The summed E-state index contributed by atoms with van der Waals surface area (Å²) in [4.78, 5) is 10.2. The highest BCUT2D eigenvalue weighted by Gasteiger charge is 2.21. The Bertz CT molecular complexity index is 1040. The molecule has 0 aliphatic rings. The molecule has 0 saturated heterocycles. The molecule has 3 rings (SSSR count). The number of benzene rings is 2. The Kier molecular flexibility index (Phi) is 6.25. The van der Waals surface area contributed by atoms with Gasteiger partial charge in [-0.3, -0.25) is 4.90 Å². The van der Waals surface area contributed by atoms with Gasteiger partial charge in [0.05, 0.1) is 17.6 Å². The molecule has 7 nitrogen and oxygen atoms in total. The molecule has 0 fully saturated rings. The van der Waals surface area contributed by atoms with Crippen LogP contribution in [0.15, 0.2) is 66.6 Å². The van der Waals surface area contributed by atoms with Gasteiger partial charge in [0.25, 0.3) is 0 Å². The molecule has 0 unspecified atom stereocenters. The number of hydrogen-bond acceptors (Lipinski definition) is 7. The summed E-state index contributed by atoms with van der Waals surface area (Å²) in [6.45, 7) is 0. The number of rotatable bonds is 7. The van der Waals surface area contributed by atoms with Gasteiger partial charge < -0.3 is 21.8 Å². The first-order valence-electron chi connectivity index (χ1n) is 8.61. The highest BCUT2D eigenvalue weighted by Crippen LogP contribution is 2.39. The summed E-state index contributed by atoms with van der Waals surface area (Å²) in [7, 11) is 1.71. The van der Waals surface area contributed by atoms with Gasteiger partial charge in [0, 0.05) is 30.8 Å². The molecule has 29 heavy (non-hydrogen) atoms. The van der Waals surface area contributed by atoms with Crippen molar-refractivity contribution >= 4 is 46.6 Å². The Labute approximate surface area is 172 Å². The fourth-order valence-electron chi connectivity index (χ4n) is 2.63. The second kappa shape index (κ2) is 9.03. The van der Waals surface area contributed by atoms with Crippen molar-refractivity contribution in [3.05, 3.63) is 77.5 Å². The SMILES string of the molecule is CN/C=C(\C=N)Nc1ncc(Cl)c(N(c2ccccc2)c2cc(N)ccc2F)n1. The lowest BCUT2D eigenvalue weighted by Gasteiger charge is -2.26. The van der Waals surface area contributed by atoms with E-state index in [4.69, 9.17) is 22.7 Å². The van der Waals surface area contributed by atoms with Crippen molar-refractivity contribution in [1.82, 2.24) is 15.3 Å². The number of halogens is 2. The van der Waals surface area contributed by atoms with Crippen LogP contribution < -0.4 is 21.3 Å². The minimum atomic E-state index is -0.484. The monoisotopic (exact) mass is 411 g/mol. The number of nitrogen functional groups attached to an aromatic ring is 1. The molecule has 0 spiro atoms. The largest absolute Gasteiger partial charge is 0.399 e. The Balaban J connectivity index is 2.16. The summed E-state index contributed by atoms with van der Waals surface area (Å²) in [5.41, 5.74) is 7.56. The van der Waals surface area contributed by atoms with Crippen molar-refractivity contribution in [2.45, 2.75) is 0 Å². The Morgan fingerprint density at radius 2 is 2.00 bits per heavy atom. The number of allylic oxidation sites excluding steroid dienone is 1. The van der Waals surface area contributed by atoms with E-state index in [1.54, 1.807) is 30.3 Å². The van der Waals surface area contributed by atoms with E-state index in [0.29, 0.717) is 17.1 Å². The van der Waals surface area contributed by atoms with E-state index in [-0.39, 0.29) is 22.5 Å². The number of hydrogen-bond donors (Lipinski definition) is 4. The number of aromatic nitrogens is 2. The number of para-hydroxylation sites is 1. The third kappa shape index (κ3) is 4.61. The smallest absolute Gasteiger partial charge is 0.229 e. The van der Waals surface area contributed by atoms with Crippen LogP contribution in [0.4, 0.5) is 33.2 Å². The molecule has 1 heterocycles. The zero-order valence-corrected chi connectivity index (χ0v) is 16.3. The molecule has 1 aromatic heterocycles. The standard InChI is InChI=1S/C20H19ClFN7/c1-25-11-14(10-23)27-20-26-12-16(21)19(28-20)29(15-5-3-2-4-6-15)18-9-13(24)7-8-17(18)22/h2-12,23,25H,24H2,1H3,(H,26,27,28)/b14-11+,23-10?. The Morgan fingerprint density at radius 1 is 1.24 bits per heavy atom. The molecule has 0 atom stereocenters. The minimum absolute atomic E-state index is 0.194. The zero-order chi connectivity index (χ0) is 20.8. The molecule has 0 amide bonds. The van der Waals surface area contributed by atoms with Gasteiger partial charge in [-0.05, 0) is 30.3 Å². The number of anilines is 5. The average molecular weight is 412 g/mol. The van der Waals surface area contributed by atoms with Gasteiger partial charge in [-0.15, -0.1) is 0 Å². The van der Waals surface area contributed by atoms with Crippen LogP contribution in [0.25, 0.3) is 0 Å². The highest BCUT2D eigenvalue weighted by molar-refractivity contribution is 6.33. The van der Waals surface area contributed by atoms with Crippen LogP contribution in [-0.4, -0.2) is 23.2 Å². The number of nitrogens with two attached hydrogens (primary N) is 1. The van der Waals surface area contributed by atoms with Crippen LogP contribution in [0.3, 0.4) is 0 Å². The lowest BCUT2D eigenvalue weighted by Crippen LogP contribution is -2.16. The molecule has 0 bridgehead atoms. The lowest BCUT2D eigenvalue weighted by molar-refractivity contribution is 0.628. The van der Waals surface area contributed by atoms with Crippen molar-refractivity contribution in [2.24, 2.45) is 0 Å². The summed E-state index contributed by atoms with van der Waals surface area (Å²) in [6, 6.07) is 13.4. The van der Waals surface area contributed by atoms with E-state index in [1.807, 2.05) is 18.2 Å². The van der Waals surface area contributed by atoms with Gasteiger partial charge in [-0.2, -0.15) is 4.98 Å². The molecular formula is C20H19ClFN7. The quantitative estimate of drug-likeness (QED) is 0.338. The topological polar surface area (TPSA) is 103 Å². The lowest BCUT2D eigenvalue weighted by atomic mass is 10.2. The second-order valence-corrected chi connectivity index (χ2v) is 6.31. The maximum Gasteiger partial charge on any atom is 0.229 e. The van der Waals surface area contributed by atoms with Crippen LogP contribution in [-0.2, 0) is 0 Å². The van der Waals surface area contributed by atoms with Gasteiger partial charge in [0.15, 0.2) is 5.82 Å². The summed E-state index contributed by atoms with van der Waals surface area (Å²) in [6.07, 6.45) is 4.10. The van der Waals surface area contributed by atoms with Crippen molar-refractivity contribution in [3.8, 4) is 0 Å². The molecule has 0 aliphatic heterocycles. The van der Waals surface area contributed by atoms with Crippen molar-refractivity contribution in [2.75, 3.05) is 23.0 Å². The van der Waals surface area contributed by atoms with E-state index in [2.05, 4.69) is 20.6 Å². The third-order valence-corrected chi connectivity index (χ3v) is 4.14. The summed E-state index contributed by atoms with van der Waals surface area (Å²) < 4.78 is 14.7. The third-order valence-electron chi connectivity index (χ3n) is 3.87. The van der Waals surface area contributed by atoms with E-state index < -0.39 is 5.82 Å². The number of nitrogens with zero attached hydrogens (tertiary/aromatic N) is 3. The summed E-state index contributed by atoms with van der Waals surface area (Å²) in [5.74, 6) is -0.0317. The predicted molar refractivity (Wildman–Crippen MR) is 116 cm³/mol. The van der Waals surface area contributed by atoms with Gasteiger partial charge >= 0.3 is 0 Å². The molecular weight excluding hydrogens is 393 g/mol. The van der Waals surface area contributed by atoms with Crippen LogP contribution in [0.2, 0.25) is 5.02 Å². The van der Waals surface area contributed by atoms with Crippen molar-refractivity contribution in [1.29, 1.82) is 5.41 Å². The first kappa shape index (κ1) is 20.1. The van der Waals surface area contributed by atoms with E-state index in [1.165, 1.54) is 24.4 Å². The molecule has 148 valence electrons. The van der Waals surface area contributed by atoms with Gasteiger partial charge in [0.2, 0.25) is 5.95 Å². The summed E-state index contributed by atoms with van der Waals surface area (Å²) >= 11 is 6.39. The molecule has 3 aromatic rings. The second-order valence-electron chi connectivity index (χ2n) is 5.90. The molecule has 0 saturated carbocycles. The predicted octanol–water partition coefficient (Wildman–Crippen LogP) is 4.44. The van der Waals surface area contributed by atoms with E-state index in [0.717, 1.165) is 6.21 Å². The highest BCUT2D eigenvalue weighted by atomic mass is 35.5. The van der Waals surface area contributed by atoms with Gasteiger partial charge in [-0.25, -0.2) is 9.37 Å². The van der Waals surface area contributed by atoms with Crippen LogP contribution in [0, 0.1) is 11.2 Å². The molecule has 5 N–H and O–H groups in total. The fourth-order valence-corrected chi connectivity index (χ4v) is 2.80. The minimum Gasteiger partial charge on any atom is -0.399 e. The molecule has 9 heteroatoms.